The van der Waals surface area contributed by atoms with Crippen molar-refractivity contribution in [3.05, 3.63) is 0 Å². The van der Waals surface area contributed by atoms with Crippen molar-refractivity contribution < 1.29 is 8.42 Å². The van der Waals surface area contributed by atoms with Gasteiger partial charge >= 0.3 is 0 Å². The number of nitrogens with two attached hydrogens (primary N) is 1. The molecule has 1 saturated carbocycles. The first kappa shape index (κ1) is 12.9. The second-order valence-electron chi connectivity index (χ2n) is 5.62. The monoisotopic (exact) mass is 234 g/mol. The summed E-state index contributed by atoms with van der Waals surface area (Å²) in [5.41, 5.74) is 5.34. The Labute approximate surface area is 92.7 Å². The lowest BCUT2D eigenvalue weighted by Gasteiger charge is -2.22. The van der Waals surface area contributed by atoms with Crippen LogP contribution in [0, 0.1) is 11.3 Å². The molecule has 0 bridgehead atoms. The highest BCUT2D eigenvalue weighted by Gasteiger charge is 2.33. The summed E-state index contributed by atoms with van der Waals surface area (Å²) in [5, 5.41) is 0. The summed E-state index contributed by atoms with van der Waals surface area (Å²) in [6.45, 7) is 6.15. The van der Waals surface area contributed by atoms with Gasteiger partial charge in [-0.2, -0.15) is 0 Å². The van der Waals surface area contributed by atoms with Crippen molar-refractivity contribution in [2.24, 2.45) is 17.1 Å². The Kier molecular flexibility index (Phi) is 3.79. The fourth-order valence-corrected chi connectivity index (χ4v) is 3.65. The molecule has 1 rings (SSSR count). The molecular formula is C10H22N2O2S. The molecule has 1 aliphatic rings. The van der Waals surface area contributed by atoms with Crippen LogP contribution in [0.4, 0.5) is 0 Å². The molecule has 4 nitrogen and oxygen atoms in total. The first-order valence-electron chi connectivity index (χ1n) is 5.43. The Hall–Kier alpha value is -0.130. The van der Waals surface area contributed by atoms with Crippen LogP contribution >= 0.6 is 0 Å². The summed E-state index contributed by atoms with van der Waals surface area (Å²) in [6, 6.07) is -0.0580. The maximum atomic E-state index is 11.8. The minimum Gasteiger partial charge on any atom is -0.329 e. The second kappa shape index (κ2) is 4.39. The smallest absolute Gasteiger partial charge is 0.212 e. The first-order valence-corrected chi connectivity index (χ1v) is 7.09. The lowest BCUT2D eigenvalue weighted by atomic mass is 10.0. The predicted octanol–water partition coefficient (Wildman–Crippen LogP) is 0.689. The molecule has 0 radical (unpaired) electrons. The average molecular weight is 234 g/mol. The quantitative estimate of drug-likeness (QED) is 0.735. The second-order valence-corrected chi connectivity index (χ2v) is 7.37. The third-order valence-corrected chi connectivity index (χ3v) is 4.31. The van der Waals surface area contributed by atoms with Gasteiger partial charge in [0.15, 0.2) is 0 Å². The minimum absolute atomic E-state index is 0.0580. The topological polar surface area (TPSA) is 72.2 Å². The van der Waals surface area contributed by atoms with Gasteiger partial charge in [0.05, 0.1) is 5.75 Å². The van der Waals surface area contributed by atoms with Crippen molar-refractivity contribution in [1.29, 1.82) is 0 Å². The Morgan fingerprint density at radius 2 is 1.93 bits per heavy atom. The molecular weight excluding hydrogens is 212 g/mol. The Morgan fingerprint density at radius 3 is 2.27 bits per heavy atom. The van der Waals surface area contributed by atoms with Crippen LogP contribution in [-0.2, 0) is 10.0 Å². The van der Waals surface area contributed by atoms with Gasteiger partial charge < -0.3 is 5.73 Å². The predicted molar refractivity (Wildman–Crippen MR) is 61.9 cm³/mol. The van der Waals surface area contributed by atoms with Gasteiger partial charge in [0.25, 0.3) is 0 Å². The molecule has 0 aromatic carbocycles. The highest BCUT2D eigenvalue weighted by molar-refractivity contribution is 7.89. The zero-order valence-corrected chi connectivity index (χ0v) is 10.6. The van der Waals surface area contributed by atoms with E-state index in [1.54, 1.807) is 0 Å². The van der Waals surface area contributed by atoms with Crippen molar-refractivity contribution in [2.45, 2.75) is 39.7 Å². The molecule has 15 heavy (non-hydrogen) atoms. The number of sulfonamides is 1. The molecule has 0 saturated heterocycles. The van der Waals surface area contributed by atoms with Gasteiger partial charge in [-0.3, -0.25) is 0 Å². The van der Waals surface area contributed by atoms with E-state index in [1.165, 1.54) is 0 Å². The largest absolute Gasteiger partial charge is 0.329 e. The van der Waals surface area contributed by atoms with Crippen LogP contribution in [0.15, 0.2) is 0 Å². The molecule has 0 heterocycles. The van der Waals surface area contributed by atoms with Crippen molar-refractivity contribution >= 4 is 10.0 Å². The molecule has 1 fully saturated rings. The summed E-state index contributed by atoms with van der Waals surface area (Å²) in [4.78, 5) is 0. The zero-order valence-electron chi connectivity index (χ0n) is 9.79. The third-order valence-electron chi connectivity index (χ3n) is 2.40. The molecule has 0 aromatic rings. The standard InChI is InChI=1S/C10H22N2O2S/c1-10(2,3)7-15(13,14)12-9(6-11)8-4-5-8/h8-9,12H,4-7,11H2,1-3H3. The van der Waals surface area contributed by atoms with Crippen LogP contribution in [0.3, 0.4) is 0 Å². The molecule has 0 aliphatic heterocycles. The van der Waals surface area contributed by atoms with Gasteiger partial charge in [0.1, 0.15) is 0 Å². The van der Waals surface area contributed by atoms with Gasteiger partial charge in [-0.1, -0.05) is 20.8 Å². The lowest BCUT2D eigenvalue weighted by Crippen LogP contribution is -2.44. The van der Waals surface area contributed by atoms with Gasteiger partial charge in [0, 0.05) is 12.6 Å². The van der Waals surface area contributed by atoms with E-state index < -0.39 is 10.0 Å². The Morgan fingerprint density at radius 1 is 1.40 bits per heavy atom. The van der Waals surface area contributed by atoms with Crippen molar-refractivity contribution in [2.75, 3.05) is 12.3 Å². The van der Waals surface area contributed by atoms with Gasteiger partial charge in [0.2, 0.25) is 10.0 Å². The van der Waals surface area contributed by atoms with E-state index in [9.17, 15) is 8.42 Å². The van der Waals surface area contributed by atoms with E-state index in [0.29, 0.717) is 12.5 Å². The van der Waals surface area contributed by atoms with E-state index in [-0.39, 0.29) is 17.2 Å². The molecule has 0 amide bonds. The molecule has 5 heteroatoms. The molecule has 90 valence electrons. The van der Waals surface area contributed by atoms with Crippen LogP contribution in [0.25, 0.3) is 0 Å². The van der Waals surface area contributed by atoms with Crippen LogP contribution < -0.4 is 10.5 Å². The van der Waals surface area contributed by atoms with Crippen LogP contribution in [-0.4, -0.2) is 26.8 Å². The summed E-state index contributed by atoms with van der Waals surface area (Å²) in [5.74, 6) is 0.619. The van der Waals surface area contributed by atoms with Crippen LogP contribution in [0.5, 0.6) is 0 Å². The van der Waals surface area contributed by atoms with Gasteiger partial charge in [-0.15, -0.1) is 0 Å². The van der Waals surface area contributed by atoms with Crippen molar-refractivity contribution in [1.82, 2.24) is 4.72 Å². The van der Waals surface area contributed by atoms with E-state index in [1.807, 2.05) is 20.8 Å². The van der Waals surface area contributed by atoms with Crippen LogP contribution in [0.2, 0.25) is 0 Å². The zero-order chi connectivity index (χ0) is 11.7. The fourth-order valence-electron chi connectivity index (χ4n) is 1.68. The summed E-state index contributed by atoms with van der Waals surface area (Å²) in [7, 11) is -3.19. The summed E-state index contributed by atoms with van der Waals surface area (Å²) < 4.78 is 26.3. The highest BCUT2D eigenvalue weighted by Crippen LogP contribution is 2.32. The van der Waals surface area contributed by atoms with Crippen molar-refractivity contribution in [3.8, 4) is 0 Å². The maximum absolute atomic E-state index is 11.8. The van der Waals surface area contributed by atoms with Gasteiger partial charge in [-0.05, 0) is 24.2 Å². The molecule has 1 unspecified atom stereocenters. The molecule has 3 N–H and O–H groups in total. The normalized spacial score (nSPS) is 20.3. The third kappa shape index (κ3) is 4.95. The summed E-state index contributed by atoms with van der Waals surface area (Å²) >= 11 is 0. The fraction of sp³-hybridized carbons (Fsp3) is 1.00. The average Bonchev–Trinajstić information content (AvgIpc) is 2.77. The Balaban J connectivity index is 2.54. The van der Waals surface area contributed by atoms with E-state index in [0.717, 1.165) is 12.8 Å². The number of hydrogen-bond acceptors (Lipinski definition) is 3. The first-order chi connectivity index (χ1) is 6.73. The SMILES string of the molecule is CC(C)(C)CS(=O)(=O)NC(CN)C1CC1. The van der Waals surface area contributed by atoms with E-state index in [2.05, 4.69) is 4.72 Å². The van der Waals surface area contributed by atoms with Gasteiger partial charge in [-0.25, -0.2) is 13.1 Å². The molecule has 0 aromatic heterocycles. The van der Waals surface area contributed by atoms with E-state index >= 15 is 0 Å². The minimum atomic E-state index is -3.19. The molecule has 1 atom stereocenters. The summed E-state index contributed by atoms with van der Waals surface area (Å²) in [6.07, 6.45) is 2.19. The van der Waals surface area contributed by atoms with Crippen LogP contribution in [0.1, 0.15) is 33.6 Å². The highest BCUT2D eigenvalue weighted by atomic mass is 32.2. The maximum Gasteiger partial charge on any atom is 0.212 e. The van der Waals surface area contributed by atoms with E-state index in [4.69, 9.17) is 5.73 Å². The lowest BCUT2D eigenvalue weighted by molar-refractivity contribution is 0.449. The number of rotatable bonds is 5. The number of nitrogens with one attached hydrogen (secondary N) is 1. The number of hydrogen-bond donors (Lipinski definition) is 2. The van der Waals surface area contributed by atoms with Crippen molar-refractivity contribution in [3.63, 3.8) is 0 Å². The Bertz CT molecular complexity index is 302. The molecule has 1 aliphatic carbocycles. The molecule has 0 spiro atoms.